The third-order valence-corrected chi connectivity index (χ3v) is 26.4. The van der Waals surface area contributed by atoms with E-state index in [0.29, 0.717) is 0 Å². The number of hydrogen-bond donors (Lipinski definition) is 1. The summed E-state index contributed by atoms with van der Waals surface area (Å²) in [6, 6.07) is 0. The summed E-state index contributed by atoms with van der Waals surface area (Å²) in [7, 11) is -3.57. The second-order valence-corrected chi connectivity index (χ2v) is 34.9. The Hall–Kier alpha value is 0.452. The molecule has 0 saturated carbocycles. The van der Waals surface area contributed by atoms with Gasteiger partial charge < -0.3 is 0 Å². The van der Waals surface area contributed by atoms with Crippen molar-refractivity contribution in [3.63, 3.8) is 0 Å². The molecule has 0 aliphatic rings. The van der Waals surface area contributed by atoms with Gasteiger partial charge in [-0.25, -0.2) is 0 Å². The zero-order valence-corrected chi connectivity index (χ0v) is 28.4. The molecule has 0 saturated heterocycles. The standard InChI is InChI=1S/C15H29O2Si2.3C4H9.Sn/c1-10-14(13(16)11-12-18(5,6)7)17-19(8,9)15(2,3)4;3*1-3-4-2;/h1,10,13-14,16H,2-9H3;3*1,3-4H2,2H3;/t13-,14+;;;;/m0..../s1. The Morgan fingerprint density at radius 2 is 1.31 bits per heavy atom. The van der Waals surface area contributed by atoms with Gasteiger partial charge in [0.25, 0.3) is 0 Å². The van der Waals surface area contributed by atoms with Gasteiger partial charge in [-0.1, -0.05) is 0 Å². The monoisotopic (exact) mass is 588 g/mol. The Balaban J connectivity index is 6.14. The minimum absolute atomic E-state index is 0.109. The molecule has 5 heteroatoms. The molecule has 0 heterocycles. The summed E-state index contributed by atoms with van der Waals surface area (Å²) in [6.45, 7) is 25.0. The quantitative estimate of drug-likeness (QED) is 0.163. The van der Waals surface area contributed by atoms with Crippen LogP contribution >= 0.6 is 0 Å². The van der Waals surface area contributed by atoms with E-state index in [0.717, 1.165) is 0 Å². The summed E-state index contributed by atoms with van der Waals surface area (Å²) in [6.07, 6.45) is 9.12. The molecule has 1 N–H and O–H groups in total. The van der Waals surface area contributed by atoms with Crippen LogP contribution in [-0.2, 0) is 4.43 Å². The summed E-state index contributed by atoms with van der Waals surface area (Å²) in [5, 5.41) is 11.3. The Morgan fingerprint density at radius 3 is 1.66 bits per heavy atom. The molecule has 2 nitrogen and oxygen atoms in total. The van der Waals surface area contributed by atoms with E-state index < -0.39 is 40.9 Å². The average Bonchev–Trinajstić information content (AvgIpc) is 2.68. The molecular weight excluding hydrogens is 531 g/mol. The summed E-state index contributed by atoms with van der Waals surface area (Å²) in [5.74, 6) is 3.20. The average molecular weight is 588 g/mol. The predicted molar refractivity (Wildman–Crippen MR) is 153 cm³/mol. The Morgan fingerprint density at radius 1 is 0.875 bits per heavy atom. The normalized spacial score (nSPS) is 15.5. The first-order valence-electron chi connectivity index (χ1n) is 13.2. The van der Waals surface area contributed by atoms with E-state index in [9.17, 15) is 5.11 Å². The minimum atomic E-state index is -2.44. The summed E-state index contributed by atoms with van der Waals surface area (Å²) >= 11 is -2.44. The third kappa shape index (κ3) is 12.8. The van der Waals surface area contributed by atoms with Crippen molar-refractivity contribution in [3.05, 3.63) is 10.2 Å². The molecule has 0 aromatic heterocycles. The second-order valence-electron chi connectivity index (χ2n) is 12.3. The van der Waals surface area contributed by atoms with E-state index in [1.807, 2.05) is 0 Å². The zero-order valence-electron chi connectivity index (χ0n) is 23.5. The summed E-state index contributed by atoms with van der Waals surface area (Å²) < 4.78 is 13.7. The van der Waals surface area contributed by atoms with Gasteiger partial charge in [0, 0.05) is 0 Å². The van der Waals surface area contributed by atoms with Gasteiger partial charge in [-0.15, -0.1) is 0 Å². The summed E-state index contributed by atoms with van der Waals surface area (Å²) in [4.78, 5) is 0. The fraction of sp³-hybridized carbons (Fsp3) is 0.852. The fourth-order valence-corrected chi connectivity index (χ4v) is 19.8. The summed E-state index contributed by atoms with van der Waals surface area (Å²) in [5.41, 5.74) is 3.38. The van der Waals surface area contributed by atoms with Crippen molar-refractivity contribution in [1.29, 1.82) is 0 Å². The first-order chi connectivity index (χ1) is 14.6. The van der Waals surface area contributed by atoms with Crippen LogP contribution in [0.15, 0.2) is 10.2 Å². The first-order valence-corrected chi connectivity index (χ1v) is 27.3. The van der Waals surface area contributed by atoms with Crippen molar-refractivity contribution in [3.8, 4) is 11.5 Å². The third-order valence-electron chi connectivity index (χ3n) is 6.87. The molecule has 32 heavy (non-hydrogen) atoms. The molecule has 0 aliphatic heterocycles. The van der Waals surface area contributed by atoms with Crippen LogP contribution in [0, 0.1) is 11.5 Å². The fourth-order valence-electron chi connectivity index (χ4n) is 3.61. The van der Waals surface area contributed by atoms with Crippen LogP contribution in [0.3, 0.4) is 0 Å². The van der Waals surface area contributed by atoms with Crippen LogP contribution < -0.4 is 0 Å². The molecule has 0 aromatic rings. The van der Waals surface area contributed by atoms with E-state index >= 15 is 0 Å². The van der Waals surface area contributed by atoms with Gasteiger partial charge in [0.05, 0.1) is 0 Å². The zero-order chi connectivity index (χ0) is 25.1. The first kappa shape index (κ1) is 32.5. The van der Waals surface area contributed by atoms with Crippen LogP contribution in [0.2, 0.25) is 51.1 Å². The van der Waals surface area contributed by atoms with Crippen LogP contribution in [0.1, 0.15) is 80.1 Å². The number of aliphatic hydroxyl groups is 1. The van der Waals surface area contributed by atoms with Crippen LogP contribution in [0.5, 0.6) is 0 Å². The topological polar surface area (TPSA) is 29.5 Å². The van der Waals surface area contributed by atoms with Crippen LogP contribution in [-0.4, -0.2) is 52.1 Å². The number of hydrogen-bond acceptors (Lipinski definition) is 2. The maximum absolute atomic E-state index is 11.1. The predicted octanol–water partition coefficient (Wildman–Crippen LogP) is 8.56. The molecule has 0 amide bonds. The SMILES string of the molecule is CCC[CH2][Sn](/[CH]=C/[C@@H](O[Si](C)(C)C(C)(C)C)[C@@H](O)C#C[Si](C)(C)C)([CH2]CCC)[CH2]CCC. The van der Waals surface area contributed by atoms with Gasteiger partial charge >= 0.3 is 209 Å². The molecule has 188 valence electrons. The van der Waals surface area contributed by atoms with Crippen molar-refractivity contribution in [1.82, 2.24) is 0 Å². The molecule has 0 spiro atoms. The van der Waals surface area contributed by atoms with Crippen molar-refractivity contribution in [2.45, 2.75) is 143 Å². The van der Waals surface area contributed by atoms with E-state index in [1.165, 1.54) is 51.8 Å². The molecular formula is C27H56O2Si2Sn. The molecule has 0 unspecified atom stereocenters. The van der Waals surface area contributed by atoms with E-state index in [1.54, 1.807) is 0 Å². The van der Waals surface area contributed by atoms with Crippen molar-refractivity contribution in [2.75, 3.05) is 0 Å². The Kier molecular flexibility index (Phi) is 15.0. The molecule has 0 aromatic carbocycles. The van der Waals surface area contributed by atoms with E-state index in [4.69, 9.17) is 4.43 Å². The van der Waals surface area contributed by atoms with Crippen molar-refractivity contribution >= 4 is 34.8 Å². The van der Waals surface area contributed by atoms with Gasteiger partial charge in [-0.05, 0) is 0 Å². The molecule has 0 aliphatic carbocycles. The molecule has 0 rings (SSSR count). The molecule has 0 radical (unpaired) electrons. The van der Waals surface area contributed by atoms with Crippen LogP contribution in [0.25, 0.3) is 0 Å². The second kappa shape index (κ2) is 14.8. The Bertz CT molecular complexity index is 584. The van der Waals surface area contributed by atoms with Gasteiger partial charge in [0.15, 0.2) is 0 Å². The van der Waals surface area contributed by atoms with Crippen LogP contribution in [0.4, 0.5) is 0 Å². The molecule has 0 fully saturated rings. The molecule has 0 bridgehead atoms. The maximum atomic E-state index is 11.1. The van der Waals surface area contributed by atoms with Gasteiger partial charge in [-0.2, -0.15) is 0 Å². The van der Waals surface area contributed by atoms with E-state index in [-0.39, 0.29) is 11.1 Å². The van der Waals surface area contributed by atoms with E-state index in [2.05, 4.69) is 95.9 Å². The molecule has 2 atom stereocenters. The van der Waals surface area contributed by atoms with Crippen molar-refractivity contribution < 1.29 is 9.53 Å². The van der Waals surface area contributed by atoms with Gasteiger partial charge in [-0.3, -0.25) is 0 Å². The number of aliphatic hydroxyl groups excluding tert-OH is 1. The number of unbranched alkanes of at least 4 members (excludes halogenated alkanes) is 3. The Labute approximate surface area is 208 Å². The van der Waals surface area contributed by atoms with Gasteiger partial charge in [0.1, 0.15) is 0 Å². The number of rotatable bonds is 14. The van der Waals surface area contributed by atoms with Gasteiger partial charge in [0.2, 0.25) is 0 Å². The van der Waals surface area contributed by atoms with Crippen molar-refractivity contribution in [2.24, 2.45) is 0 Å².